The summed E-state index contributed by atoms with van der Waals surface area (Å²) >= 11 is 8.29. The van der Waals surface area contributed by atoms with Crippen molar-refractivity contribution >= 4 is 40.1 Å². The van der Waals surface area contributed by atoms with Crippen molar-refractivity contribution in [2.24, 2.45) is 0 Å². The smallest absolute Gasteiger partial charge is 0.257 e. The molecule has 1 aliphatic rings. The van der Waals surface area contributed by atoms with Crippen molar-refractivity contribution in [1.82, 2.24) is 9.80 Å². The standard InChI is InChI=1S/C15H20ClIN2O2/c1-18-6-4-10(5-7-18)19(2)15(20)11-8-12(16)13(17)9-14(11)21-3/h8-10H,4-7H2,1-3H3. The molecule has 1 fully saturated rings. The summed E-state index contributed by atoms with van der Waals surface area (Å²) in [6.07, 6.45) is 2.00. The number of benzene rings is 1. The largest absolute Gasteiger partial charge is 0.496 e. The second-order valence-corrected chi connectivity index (χ2v) is 6.99. The van der Waals surface area contributed by atoms with Gasteiger partial charge in [0.05, 0.1) is 17.7 Å². The van der Waals surface area contributed by atoms with E-state index in [1.165, 1.54) is 0 Å². The normalized spacial score (nSPS) is 16.8. The predicted octanol–water partition coefficient (Wildman–Crippen LogP) is 3.12. The van der Waals surface area contributed by atoms with E-state index in [2.05, 4.69) is 34.5 Å². The number of ether oxygens (including phenoxy) is 1. The molecule has 21 heavy (non-hydrogen) atoms. The van der Waals surface area contributed by atoms with E-state index in [1.807, 2.05) is 11.9 Å². The van der Waals surface area contributed by atoms with Crippen LogP contribution in [0.5, 0.6) is 5.75 Å². The molecule has 0 saturated carbocycles. The van der Waals surface area contributed by atoms with Crippen LogP contribution in [0.25, 0.3) is 0 Å². The van der Waals surface area contributed by atoms with Crippen LogP contribution in [0.15, 0.2) is 12.1 Å². The Morgan fingerprint density at radius 3 is 2.62 bits per heavy atom. The Balaban J connectivity index is 2.21. The molecule has 116 valence electrons. The van der Waals surface area contributed by atoms with Crippen LogP contribution in [0.1, 0.15) is 23.2 Å². The van der Waals surface area contributed by atoms with Crippen molar-refractivity contribution in [3.05, 3.63) is 26.3 Å². The minimum absolute atomic E-state index is 0.0281. The molecule has 4 nitrogen and oxygen atoms in total. The van der Waals surface area contributed by atoms with Gasteiger partial charge in [-0.2, -0.15) is 0 Å². The number of likely N-dealkylation sites (tertiary alicyclic amines) is 1. The van der Waals surface area contributed by atoms with E-state index in [4.69, 9.17) is 16.3 Å². The molecule has 0 spiro atoms. The van der Waals surface area contributed by atoms with E-state index in [0.29, 0.717) is 16.3 Å². The fourth-order valence-corrected chi connectivity index (χ4v) is 3.20. The third-order valence-corrected chi connectivity index (χ3v) is 5.55. The van der Waals surface area contributed by atoms with Gasteiger partial charge in [-0.25, -0.2) is 0 Å². The third-order valence-electron chi connectivity index (χ3n) is 4.03. The maximum Gasteiger partial charge on any atom is 0.257 e. The van der Waals surface area contributed by atoms with Gasteiger partial charge in [0, 0.05) is 16.7 Å². The lowest BCUT2D eigenvalue weighted by Crippen LogP contribution is -2.44. The molecule has 0 aromatic heterocycles. The van der Waals surface area contributed by atoms with Gasteiger partial charge in [-0.05, 0) is 67.7 Å². The van der Waals surface area contributed by atoms with Crippen molar-refractivity contribution in [1.29, 1.82) is 0 Å². The maximum atomic E-state index is 12.7. The molecule has 1 heterocycles. The Morgan fingerprint density at radius 1 is 1.43 bits per heavy atom. The van der Waals surface area contributed by atoms with E-state index in [9.17, 15) is 4.79 Å². The molecule has 0 N–H and O–H groups in total. The number of carbonyl (C=O) groups excluding carboxylic acids is 1. The summed E-state index contributed by atoms with van der Waals surface area (Å²) in [5.74, 6) is 0.549. The zero-order valence-electron chi connectivity index (χ0n) is 12.5. The Bertz CT molecular complexity index is 531. The molecule has 2 rings (SSSR count). The van der Waals surface area contributed by atoms with Gasteiger partial charge in [0.2, 0.25) is 0 Å². The van der Waals surface area contributed by atoms with Crippen LogP contribution < -0.4 is 4.74 Å². The summed E-state index contributed by atoms with van der Waals surface area (Å²) in [5.41, 5.74) is 0.532. The first-order valence-corrected chi connectivity index (χ1v) is 8.38. The van der Waals surface area contributed by atoms with Gasteiger partial charge in [-0.15, -0.1) is 0 Å². The number of hydrogen-bond donors (Lipinski definition) is 0. The molecular weight excluding hydrogens is 403 g/mol. The monoisotopic (exact) mass is 422 g/mol. The van der Waals surface area contributed by atoms with Crippen LogP contribution in [-0.2, 0) is 0 Å². The number of piperidine rings is 1. The summed E-state index contributed by atoms with van der Waals surface area (Å²) in [6, 6.07) is 3.78. The molecule has 0 radical (unpaired) electrons. The molecule has 0 atom stereocenters. The van der Waals surface area contributed by atoms with E-state index in [-0.39, 0.29) is 11.9 Å². The third kappa shape index (κ3) is 3.81. The quantitative estimate of drug-likeness (QED) is 0.702. The number of amides is 1. The highest BCUT2D eigenvalue weighted by molar-refractivity contribution is 14.1. The van der Waals surface area contributed by atoms with Crippen LogP contribution >= 0.6 is 34.2 Å². The SMILES string of the molecule is COc1cc(I)c(Cl)cc1C(=O)N(C)C1CCN(C)CC1. The van der Waals surface area contributed by atoms with Crippen molar-refractivity contribution < 1.29 is 9.53 Å². The molecule has 0 unspecified atom stereocenters. The van der Waals surface area contributed by atoms with Gasteiger partial charge < -0.3 is 14.5 Å². The average molecular weight is 423 g/mol. The Kier molecular flexibility index (Phi) is 5.73. The summed E-state index contributed by atoms with van der Waals surface area (Å²) in [7, 11) is 5.55. The molecule has 1 aliphatic heterocycles. The van der Waals surface area contributed by atoms with Crippen LogP contribution in [-0.4, -0.2) is 56.0 Å². The summed E-state index contributed by atoms with van der Waals surface area (Å²) in [5, 5.41) is 0.580. The summed E-state index contributed by atoms with van der Waals surface area (Å²) in [4.78, 5) is 16.9. The van der Waals surface area contributed by atoms with Gasteiger partial charge in [-0.1, -0.05) is 11.6 Å². The average Bonchev–Trinajstić information content (AvgIpc) is 2.49. The summed E-state index contributed by atoms with van der Waals surface area (Å²) < 4.78 is 6.22. The molecule has 0 bridgehead atoms. The van der Waals surface area contributed by atoms with Gasteiger partial charge in [0.15, 0.2) is 0 Å². The van der Waals surface area contributed by atoms with Crippen molar-refractivity contribution in [3.63, 3.8) is 0 Å². The zero-order valence-corrected chi connectivity index (χ0v) is 15.4. The number of rotatable bonds is 3. The maximum absolute atomic E-state index is 12.7. The highest BCUT2D eigenvalue weighted by atomic mass is 127. The lowest BCUT2D eigenvalue weighted by Gasteiger charge is -2.35. The molecule has 1 saturated heterocycles. The van der Waals surface area contributed by atoms with E-state index >= 15 is 0 Å². The van der Waals surface area contributed by atoms with Crippen molar-refractivity contribution in [2.75, 3.05) is 34.3 Å². The van der Waals surface area contributed by atoms with Crippen LogP contribution in [0, 0.1) is 3.57 Å². The van der Waals surface area contributed by atoms with Gasteiger partial charge in [0.25, 0.3) is 5.91 Å². The number of carbonyl (C=O) groups is 1. The summed E-state index contributed by atoms with van der Waals surface area (Å²) in [6.45, 7) is 2.04. The topological polar surface area (TPSA) is 32.8 Å². The second-order valence-electron chi connectivity index (χ2n) is 5.42. The predicted molar refractivity (Wildman–Crippen MR) is 93.3 cm³/mol. The number of nitrogens with zero attached hydrogens (tertiary/aromatic N) is 2. The first-order chi connectivity index (χ1) is 9.93. The first kappa shape index (κ1) is 16.8. The highest BCUT2D eigenvalue weighted by Gasteiger charge is 2.26. The Morgan fingerprint density at radius 2 is 2.05 bits per heavy atom. The van der Waals surface area contributed by atoms with E-state index < -0.39 is 0 Å². The van der Waals surface area contributed by atoms with Crippen LogP contribution in [0.3, 0.4) is 0 Å². The van der Waals surface area contributed by atoms with Crippen molar-refractivity contribution in [3.8, 4) is 5.75 Å². The van der Waals surface area contributed by atoms with Gasteiger partial charge in [0.1, 0.15) is 5.75 Å². The Hall–Kier alpha value is -0.530. The highest BCUT2D eigenvalue weighted by Crippen LogP contribution is 2.30. The Labute approximate surface area is 144 Å². The molecular formula is C15H20ClIN2O2. The number of halogens is 2. The molecule has 1 amide bonds. The van der Waals surface area contributed by atoms with E-state index in [0.717, 1.165) is 29.5 Å². The fraction of sp³-hybridized carbons (Fsp3) is 0.533. The fourth-order valence-electron chi connectivity index (χ4n) is 2.60. The van der Waals surface area contributed by atoms with Crippen molar-refractivity contribution in [2.45, 2.75) is 18.9 Å². The van der Waals surface area contributed by atoms with Gasteiger partial charge in [-0.3, -0.25) is 4.79 Å². The molecule has 1 aromatic carbocycles. The van der Waals surface area contributed by atoms with E-state index in [1.54, 1.807) is 19.2 Å². The molecule has 0 aliphatic carbocycles. The van der Waals surface area contributed by atoms with Crippen LogP contribution in [0.4, 0.5) is 0 Å². The zero-order chi connectivity index (χ0) is 15.6. The molecule has 6 heteroatoms. The second kappa shape index (κ2) is 7.15. The molecule has 1 aromatic rings. The van der Waals surface area contributed by atoms with Crippen LogP contribution in [0.2, 0.25) is 5.02 Å². The minimum atomic E-state index is -0.0281. The lowest BCUT2D eigenvalue weighted by molar-refractivity contribution is 0.0656. The number of hydrogen-bond acceptors (Lipinski definition) is 3. The van der Waals surface area contributed by atoms with Gasteiger partial charge >= 0.3 is 0 Å². The first-order valence-electron chi connectivity index (χ1n) is 6.92. The minimum Gasteiger partial charge on any atom is -0.496 e. The lowest BCUT2D eigenvalue weighted by atomic mass is 10.0. The number of methoxy groups -OCH3 is 1.